The Kier molecular flexibility index (Phi) is 3.28. The van der Waals surface area contributed by atoms with Crippen LogP contribution in [0, 0.1) is 6.92 Å². The molecule has 2 heterocycles. The average molecular weight is 330 g/mol. The maximum atomic E-state index is 12.2. The number of rotatable bonds is 2. The van der Waals surface area contributed by atoms with Crippen LogP contribution in [-0.4, -0.2) is 15.9 Å². The molecule has 0 saturated carbocycles. The van der Waals surface area contributed by atoms with Crippen LogP contribution in [0.1, 0.15) is 16.2 Å². The monoisotopic (exact) mass is 329 g/mol. The second kappa shape index (κ2) is 5.09. The lowest BCUT2D eigenvalue weighted by Crippen LogP contribution is -2.12. The number of pyridine rings is 1. The van der Waals surface area contributed by atoms with Gasteiger partial charge in [0.25, 0.3) is 5.91 Å². The van der Waals surface area contributed by atoms with E-state index in [1.165, 1.54) is 0 Å². The van der Waals surface area contributed by atoms with Crippen LogP contribution < -0.4 is 5.32 Å². The number of nitrogens with one attached hydrogen (secondary N) is 2. The van der Waals surface area contributed by atoms with Crippen molar-refractivity contribution in [1.29, 1.82) is 0 Å². The summed E-state index contributed by atoms with van der Waals surface area (Å²) in [6, 6.07) is 11.4. The Hall–Kier alpha value is -2.14. The molecule has 0 aliphatic rings. The molecule has 0 aliphatic heterocycles. The van der Waals surface area contributed by atoms with E-state index in [0.717, 1.165) is 26.8 Å². The molecule has 1 amide bonds. The number of hydrogen-bond acceptors (Lipinski definition) is 2. The highest BCUT2D eigenvalue weighted by Gasteiger charge is 2.11. The molecule has 0 saturated heterocycles. The molecule has 0 radical (unpaired) electrons. The highest BCUT2D eigenvalue weighted by Crippen LogP contribution is 2.23. The van der Waals surface area contributed by atoms with Crippen molar-refractivity contribution in [2.45, 2.75) is 6.92 Å². The zero-order chi connectivity index (χ0) is 14.1. The molecule has 3 rings (SSSR count). The van der Waals surface area contributed by atoms with Crippen molar-refractivity contribution >= 4 is 38.4 Å². The first-order valence-corrected chi connectivity index (χ1v) is 6.94. The van der Waals surface area contributed by atoms with Gasteiger partial charge >= 0.3 is 0 Å². The fourth-order valence-corrected chi connectivity index (χ4v) is 2.44. The smallest absolute Gasteiger partial charge is 0.272 e. The summed E-state index contributed by atoms with van der Waals surface area (Å²) in [6.07, 6.45) is 1.73. The van der Waals surface area contributed by atoms with Gasteiger partial charge in [0.1, 0.15) is 5.69 Å². The Balaban J connectivity index is 2.00. The first-order chi connectivity index (χ1) is 9.63. The summed E-state index contributed by atoms with van der Waals surface area (Å²) in [7, 11) is 0. The first kappa shape index (κ1) is 12.9. The Morgan fingerprint density at radius 2 is 2.10 bits per heavy atom. The first-order valence-electron chi connectivity index (χ1n) is 6.15. The summed E-state index contributed by atoms with van der Waals surface area (Å²) < 4.78 is 0.846. The Bertz CT molecular complexity index is 795. The minimum Gasteiger partial charge on any atom is -0.356 e. The van der Waals surface area contributed by atoms with Gasteiger partial charge in [-0.2, -0.15) is 0 Å². The van der Waals surface area contributed by atoms with Gasteiger partial charge in [-0.15, -0.1) is 0 Å². The van der Waals surface area contributed by atoms with Gasteiger partial charge in [-0.25, -0.2) is 0 Å². The molecule has 2 N–H and O–H groups in total. The van der Waals surface area contributed by atoms with Crippen LogP contribution in [0.2, 0.25) is 0 Å². The molecule has 100 valence electrons. The number of anilines is 1. The van der Waals surface area contributed by atoms with Gasteiger partial charge in [-0.05, 0) is 41.1 Å². The third kappa shape index (κ3) is 2.44. The number of aryl methyl sites for hydroxylation is 1. The fraction of sp³-hybridized carbons (Fsp3) is 0.0667. The number of amides is 1. The largest absolute Gasteiger partial charge is 0.356 e. The maximum Gasteiger partial charge on any atom is 0.272 e. The number of benzene rings is 1. The average Bonchev–Trinajstić information content (AvgIpc) is 2.85. The van der Waals surface area contributed by atoms with E-state index in [4.69, 9.17) is 0 Å². The molecule has 5 heteroatoms. The van der Waals surface area contributed by atoms with Crippen LogP contribution in [0.5, 0.6) is 0 Å². The zero-order valence-electron chi connectivity index (χ0n) is 10.8. The van der Waals surface area contributed by atoms with Gasteiger partial charge < -0.3 is 10.3 Å². The number of hydrogen-bond donors (Lipinski definition) is 2. The Morgan fingerprint density at radius 1 is 1.30 bits per heavy atom. The summed E-state index contributed by atoms with van der Waals surface area (Å²) in [5, 5.41) is 3.85. The minimum atomic E-state index is -0.175. The molecule has 0 unspecified atom stereocenters. The van der Waals surface area contributed by atoms with Crippen LogP contribution >= 0.6 is 15.9 Å². The molecule has 0 atom stereocenters. The van der Waals surface area contributed by atoms with E-state index >= 15 is 0 Å². The lowest BCUT2D eigenvalue weighted by molar-refractivity contribution is 0.102. The number of carbonyl (C=O) groups is 1. The zero-order valence-corrected chi connectivity index (χ0v) is 12.4. The van der Waals surface area contributed by atoms with Gasteiger partial charge in [-0.1, -0.05) is 18.2 Å². The van der Waals surface area contributed by atoms with Crippen LogP contribution in [0.3, 0.4) is 0 Å². The van der Waals surface area contributed by atoms with Crippen molar-refractivity contribution in [2.75, 3.05) is 5.32 Å². The number of fused-ring (bicyclic) bond motifs is 1. The van der Waals surface area contributed by atoms with Crippen LogP contribution in [0.4, 0.5) is 5.69 Å². The van der Waals surface area contributed by atoms with E-state index in [0.29, 0.717) is 5.69 Å². The lowest BCUT2D eigenvalue weighted by Gasteiger charge is -2.09. The lowest BCUT2D eigenvalue weighted by atomic mass is 10.1. The van der Waals surface area contributed by atoms with E-state index in [2.05, 4.69) is 31.2 Å². The minimum absolute atomic E-state index is 0.175. The van der Waals surface area contributed by atoms with E-state index in [1.807, 2.05) is 37.3 Å². The number of carbonyl (C=O) groups excluding carboxylic acids is 1. The van der Waals surface area contributed by atoms with E-state index < -0.39 is 0 Å². The Morgan fingerprint density at radius 3 is 2.85 bits per heavy atom. The molecular weight excluding hydrogens is 318 g/mol. The molecule has 2 aromatic heterocycles. The number of nitrogens with zero attached hydrogens (tertiary/aromatic N) is 1. The third-order valence-electron chi connectivity index (χ3n) is 2.98. The molecule has 0 bridgehead atoms. The number of halogens is 1. The summed E-state index contributed by atoms with van der Waals surface area (Å²) in [6.45, 7) is 1.91. The van der Waals surface area contributed by atoms with Crippen molar-refractivity contribution in [3.05, 3.63) is 58.5 Å². The highest BCUT2D eigenvalue weighted by atomic mass is 79.9. The normalized spacial score (nSPS) is 10.7. The molecule has 0 aliphatic carbocycles. The van der Waals surface area contributed by atoms with Gasteiger partial charge in [-0.3, -0.25) is 9.78 Å². The van der Waals surface area contributed by atoms with E-state index in [1.54, 1.807) is 12.3 Å². The fourth-order valence-electron chi connectivity index (χ4n) is 2.10. The highest BCUT2D eigenvalue weighted by molar-refractivity contribution is 9.10. The summed E-state index contributed by atoms with van der Waals surface area (Å²) >= 11 is 3.32. The number of para-hydroxylation sites is 1. The predicted molar refractivity (Wildman–Crippen MR) is 82.9 cm³/mol. The second-order valence-electron chi connectivity index (χ2n) is 4.51. The third-order valence-corrected chi connectivity index (χ3v) is 3.44. The van der Waals surface area contributed by atoms with Crippen LogP contribution in [0.25, 0.3) is 10.9 Å². The predicted octanol–water partition coefficient (Wildman–Crippen LogP) is 3.89. The summed E-state index contributed by atoms with van der Waals surface area (Å²) in [5.41, 5.74) is 3.02. The Labute approximate surface area is 124 Å². The molecular formula is C15H12BrN3O. The number of aromatic nitrogens is 2. The molecule has 0 fully saturated rings. The number of H-pyrrole nitrogens is 1. The van der Waals surface area contributed by atoms with Crippen LogP contribution in [0.15, 0.2) is 47.1 Å². The standard InChI is InChI=1S/C15H12BrN3O/c1-9-6-13(11-4-2-3-5-12(11)18-9)19-15(20)14-7-10(16)8-17-14/h2-8,17H,1H3,(H,18,19,20). The van der Waals surface area contributed by atoms with Crippen molar-refractivity contribution in [3.8, 4) is 0 Å². The van der Waals surface area contributed by atoms with Gasteiger partial charge in [0, 0.05) is 21.7 Å². The molecule has 4 nitrogen and oxygen atoms in total. The quantitative estimate of drug-likeness (QED) is 0.749. The summed E-state index contributed by atoms with van der Waals surface area (Å²) in [5.74, 6) is -0.175. The van der Waals surface area contributed by atoms with Crippen molar-refractivity contribution in [1.82, 2.24) is 9.97 Å². The van der Waals surface area contributed by atoms with E-state index in [9.17, 15) is 4.79 Å². The molecule has 20 heavy (non-hydrogen) atoms. The molecule has 1 aromatic carbocycles. The van der Waals surface area contributed by atoms with Crippen LogP contribution in [-0.2, 0) is 0 Å². The van der Waals surface area contributed by atoms with Gasteiger partial charge in [0.2, 0.25) is 0 Å². The number of aromatic amines is 1. The van der Waals surface area contributed by atoms with Crippen molar-refractivity contribution in [3.63, 3.8) is 0 Å². The van der Waals surface area contributed by atoms with Crippen molar-refractivity contribution < 1.29 is 4.79 Å². The molecule has 0 spiro atoms. The second-order valence-corrected chi connectivity index (χ2v) is 5.43. The maximum absolute atomic E-state index is 12.2. The van der Waals surface area contributed by atoms with Gasteiger partial charge in [0.15, 0.2) is 0 Å². The SMILES string of the molecule is Cc1cc(NC(=O)c2cc(Br)c[nH]2)c2ccccc2n1. The topological polar surface area (TPSA) is 57.8 Å². The van der Waals surface area contributed by atoms with Gasteiger partial charge in [0.05, 0.1) is 11.2 Å². The summed E-state index contributed by atoms with van der Waals surface area (Å²) in [4.78, 5) is 19.6. The van der Waals surface area contributed by atoms with E-state index in [-0.39, 0.29) is 5.91 Å². The van der Waals surface area contributed by atoms with Crippen molar-refractivity contribution in [2.24, 2.45) is 0 Å². The molecule has 3 aromatic rings.